The lowest BCUT2D eigenvalue weighted by atomic mass is 9.85. The van der Waals surface area contributed by atoms with E-state index in [4.69, 9.17) is 4.74 Å². The molecule has 1 aliphatic heterocycles. The highest BCUT2D eigenvalue weighted by molar-refractivity contribution is 6.09. The summed E-state index contributed by atoms with van der Waals surface area (Å²) in [5.41, 5.74) is 3.91. The van der Waals surface area contributed by atoms with Crippen molar-refractivity contribution in [1.29, 1.82) is 0 Å². The van der Waals surface area contributed by atoms with Crippen LogP contribution in [0.1, 0.15) is 48.7 Å². The number of fused-ring (bicyclic) bond motifs is 1. The van der Waals surface area contributed by atoms with E-state index in [9.17, 15) is 9.59 Å². The Balaban J connectivity index is 1.95. The van der Waals surface area contributed by atoms with Crippen LogP contribution in [0.25, 0.3) is 5.70 Å². The van der Waals surface area contributed by atoms with E-state index in [0.717, 1.165) is 23.4 Å². The van der Waals surface area contributed by atoms with Gasteiger partial charge in [-0.3, -0.25) is 9.59 Å². The van der Waals surface area contributed by atoms with Gasteiger partial charge in [0.1, 0.15) is 5.75 Å². The van der Waals surface area contributed by atoms with E-state index >= 15 is 0 Å². The number of anilines is 1. The van der Waals surface area contributed by atoms with E-state index in [2.05, 4.69) is 30.5 Å². The molecule has 0 saturated heterocycles. The Morgan fingerprint density at radius 3 is 2.71 bits per heavy atom. The summed E-state index contributed by atoms with van der Waals surface area (Å²) in [6.45, 7) is 6.01. The lowest BCUT2D eigenvalue weighted by molar-refractivity contribution is -0.115. The molecule has 2 N–H and O–H groups in total. The number of methoxy groups -OCH3 is 1. The topological polar surface area (TPSA) is 67.4 Å². The van der Waals surface area contributed by atoms with Crippen molar-refractivity contribution in [1.82, 2.24) is 5.32 Å². The van der Waals surface area contributed by atoms with E-state index in [1.165, 1.54) is 5.56 Å². The first-order valence-electron chi connectivity index (χ1n) is 9.43. The van der Waals surface area contributed by atoms with Crippen LogP contribution >= 0.6 is 0 Å². The first-order chi connectivity index (χ1) is 13.3. The van der Waals surface area contributed by atoms with E-state index in [0.29, 0.717) is 17.7 Å². The van der Waals surface area contributed by atoms with E-state index in [1.54, 1.807) is 44.4 Å². The maximum Gasteiger partial charge on any atom is 0.224 e. The van der Waals surface area contributed by atoms with Crippen molar-refractivity contribution in [3.05, 3.63) is 65.2 Å². The summed E-state index contributed by atoms with van der Waals surface area (Å²) >= 11 is 0. The first-order valence-corrected chi connectivity index (χ1v) is 9.43. The van der Waals surface area contributed by atoms with Gasteiger partial charge in [0.2, 0.25) is 5.91 Å². The molecule has 1 heterocycles. The fraction of sp³-hybridized carbons (Fsp3) is 0.304. The molecule has 0 unspecified atom stereocenters. The summed E-state index contributed by atoms with van der Waals surface area (Å²) in [6, 6.07) is 12.9. The Labute approximate surface area is 165 Å². The average molecular weight is 378 g/mol. The molecule has 146 valence electrons. The quantitative estimate of drug-likeness (QED) is 0.605. The van der Waals surface area contributed by atoms with E-state index in [-0.39, 0.29) is 17.2 Å². The highest BCUT2D eigenvalue weighted by atomic mass is 16.5. The van der Waals surface area contributed by atoms with E-state index in [1.807, 2.05) is 12.1 Å². The van der Waals surface area contributed by atoms with Crippen LogP contribution < -0.4 is 15.4 Å². The van der Waals surface area contributed by atoms with Crippen LogP contribution in [0.2, 0.25) is 0 Å². The molecule has 3 rings (SSSR count). The van der Waals surface area contributed by atoms with Gasteiger partial charge in [0.15, 0.2) is 5.78 Å². The van der Waals surface area contributed by atoms with Crippen LogP contribution in [0, 0.1) is 0 Å². The summed E-state index contributed by atoms with van der Waals surface area (Å²) < 4.78 is 5.35. The second-order valence-corrected chi connectivity index (χ2v) is 7.61. The molecule has 0 saturated carbocycles. The summed E-state index contributed by atoms with van der Waals surface area (Å²) in [5, 5.41) is 6.26. The molecule has 0 aromatic heterocycles. The number of ether oxygens (including phenoxy) is 1. The van der Waals surface area contributed by atoms with Crippen molar-refractivity contribution in [2.75, 3.05) is 12.4 Å². The van der Waals surface area contributed by atoms with Crippen molar-refractivity contribution < 1.29 is 14.3 Å². The molecular formula is C23H26N2O3. The number of benzene rings is 2. The average Bonchev–Trinajstić information content (AvgIpc) is 2.67. The molecular weight excluding hydrogens is 352 g/mol. The van der Waals surface area contributed by atoms with Crippen LogP contribution in [0.5, 0.6) is 5.75 Å². The third-order valence-corrected chi connectivity index (χ3v) is 4.74. The molecule has 0 radical (unpaired) electrons. The molecule has 28 heavy (non-hydrogen) atoms. The maximum atomic E-state index is 12.9. The number of rotatable bonds is 5. The fourth-order valence-corrected chi connectivity index (χ4v) is 3.37. The molecule has 0 bridgehead atoms. The van der Waals surface area contributed by atoms with Gasteiger partial charge in [0.25, 0.3) is 0 Å². The van der Waals surface area contributed by atoms with E-state index < -0.39 is 0 Å². The third-order valence-electron chi connectivity index (χ3n) is 4.74. The van der Waals surface area contributed by atoms with Gasteiger partial charge in [0.05, 0.1) is 7.11 Å². The van der Waals surface area contributed by atoms with Gasteiger partial charge in [-0.2, -0.15) is 0 Å². The van der Waals surface area contributed by atoms with Crippen molar-refractivity contribution in [3.8, 4) is 5.75 Å². The number of carbonyl (C=O) groups is 2. The number of allylic oxidation sites excluding steroid dienone is 1. The van der Waals surface area contributed by atoms with Gasteiger partial charge in [-0.15, -0.1) is 0 Å². The molecule has 2 aromatic carbocycles. The summed E-state index contributed by atoms with van der Waals surface area (Å²) in [4.78, 5) is 24.6. The number of hydrogen-bond donors (Lipinski definition) is 2. The predicted octanol–water partition coefficient (Wildman–Crippen LogP) is 4.19. The van der Waals surface area contributed by atoms with Gasteiger partial charge < -0.3 is 15.4 Å². The van der Waals surface area contributed by atoms with Crippen molar-refractivity contribution in [3.63, 3.8) is 0 Å². The second-order valence-electron chi connectivity index (χ2n) is 7.61. The summed E-state index contributed by atoms with van der Waals surface area (Å²) in [6.07, 6.45) is 2.87. The number of ketones is 1. The van der Waals surface area contributed by atoms with Crippen molar-refractivity contribution in [2.24, 2.45) is 0 Å². The van der Waals surface area contributed by atoms with Crippen LogP contribution in [-0.4, -0.2) is 24.3 Å². The SMILES string of the molecule is CCC(=O)Nc1cccc(C(=O)/C=C2\NC(C)(C)Cc3ccc(OC)cc32)c1. The zero-order chi connectivity index (χ0) is 20.3. The van der Waals surface area contributed by atoms with Crippen molar-refractivity contribution >= 4 is 23.1 Å². The Bertz CT molecular complexity index is 945. The lowest BCUT2D eigenvalue weighted by Gasteiger charge is -2.35. The van der Waals surface area contributed by atoms with Crippen LogP contribution in [0.3, 0.4) is 0 Å². The number of carbonyl (C=O) groups excluding carboxylic acids is 2. The molecule has 2 aromatic rings. The number of hydrogen-bond acceptors (Lipinski definition) is 4. The third kappa shape index (κ3) is 4.42. The summed E-state index contributed by atoms with van der Waals surface area (Å²) in [7, 11) is 1.63. The second kappa shape index (κ2) is 7.89. The molecule has 1 amide bonds. The number of nitrogens with one attached hydrogen (secondary N) is 2. The molecule has 1 aliphatic rings. The minimum absolute atomic E-state index is 0.0836. The standard InChI is InChI=1S/C23H26N2O3/c1-5-22(27)24-17-8-6-7-15(11-17)21(26)13-20-19-12-18(28-4)10-9-16(19)14-23(2,3)25-20/h6-13,25H,5,14H2,1-4H3,(H,24,27)/b20-13-. The molecule has 0 spiro atoms. The predicted molar refractivity (Wildman–Crippen MR) is 112 cm³/mol. The summed E-state index contributed by atoms with van der Waals surface area (Å²) in [5.74, 6) is 0.545. The minimum Gasteiger partial charge on any atom is -0.497 e. The maximum absolute atomic E-state index is 12.9. The Morgan fingerprint density at radius 2 is 2.00 bits per heavy atom. The molecule has 0 fully saturated rings. The van der Waals surface area contributed by atoms with Gasteiger partial charge in [-0.25, -0.2) is 0 Å². The molecule has 0 aliphatic carbocycles. The zero-order valence-electron chi connectivity index (χ0n) is 16.8. The first kappa shape index (κ1) is 19.7. The van der Waals surface area contributed by atoms with Crippen LogP contribution in [0.15, 0.2) is 48.5 Å². The zero-order valence-corrected chi connectivity index (χ0v) is 16.8. The van der Waals surface area contributed by atoms with Gasteiger partial charge in [-0.1, -0.05) is 25.1 Å². The monoisotopic (exact) mass is 378 g/mol. The minimum atomic E-state index is -0.162. The van der Waals surface area contributed by atoms with Crippen LogP contribution in [0.4, 0.5) is 5.69 Å². The lowest BCUT2D eigenvalue weighted by Crippen LogP contribution is -2.43. The highest BCUT2D eigenvalue weighted by Crippen LogP contribution is 2.32. The fourth-order valence-electron chi connectivity index (χ4n) is 3.37. The van der Waals surface area contributed by atoms with Crippen LogP contribution in [-0.2, 0) is 11.2 Å². The highest BCUT2D eigenvalue weighted by Gasteiger charge is 2.28. The Morgan fingerprint density at radius 1 is 1.21 bits per heavy atom. The normalized spacial score (nSPS) is 16.1. The molecule has 0 atom stereocenters. The molecule has 5 heteroatoms. The largest absolute Gasteiger partial charge is 0.497 e. The van der Waals surface area contributed by atoms with Gasteiger partial charge in [0, 0.05) is 40.5 Å². The number of amides is 1. The molecule has 5 nitrogen and oxygen atoms in total. The van der Waals surface area contributed by atoms with Gasteiger partial charge >= 0.3 is 0 Å². The smallest absolute Gasteiger partial charge is 0.224 e. The Hall–Kier alpha value is -3.08. The Kier molecular flexibility index (Phi) is 5.54. The van der Waals surface area contributed by atoms with Gasteiger partial charge in [-0.05, 0) is 50.1 Å². The van der Waals surface area contributed by atoms with Crippen molar-refractivity contribution in [2.45, 2.75) is 39.2 Å².